The Morgan fingerprint density at radius 1 is 1.12 bits per heavy atom. The second-order valence-electron chi connectivity index (χ2n) is 5.98. The molecule has 0 aromatic heterocycles. The topological polar surface area (TPSA) is 23.6 Å². The van der Waals surface area contributed by atoms with Crippen LogP contribution >= 0.6 is 0 Å². The van der Waals surface area contributed by atoms with Crippen LogP contribution in [0.3, 0.4) is 0 Å². The highest BCUT2D eigenvalue weighted by Crippen LogP contribution is 2.34. The summed E-state index contributed by atoms with van der Waals surface area (Å²) in [5.74, 6) is 1.07. The third-order valence-corrected chi connectivity index (χ3v) is 3.78. The summed E-state index contributed by atoms with van der Waals surface area (Å²) >= 11 is 0. The molecule has 1 aliphatic rings. The molecule has 1 atom stereocenters. The maximum Gasteiger partial charge on any atom is 0.237 e. The number of hydrogen-bond donors (Lipinski definition) is 0. The van der Waals surface area contributed by atoms with Gasteiger partial charge in [0, 0.05) is 18.1 Å². The van der Waals surface area contributed by atoms with Crippen LogP contribution in [0.4, 0.5) is 0 Å². The summed E-state index contributed by atoms with van der Waals surface area (Å²) in [6.45, 7) is 11.1. The van der Waals surface area contributed by atoms with Gasteiger partial charge in [-0.15, -0.1) is 0 Å². The maximum absolute atomic E-state index is 12.3. The summed E-state index contributed by atoms with van der Waals surface area (Å²) in [4.78, 5) is 16.5. The first-order chi connectivity index (χ1) is 7.84. The molecule has 0 aromatic carbocycles. The zero-order chi connectivity index (χ0) is 13.2. The molecule has 100 valence electrons. The Morgan fingerprint density at radius 3 is 1.94 bits per heavy atom. The molecular formula is C14H28N2O. The van der Waals surface area contributed by atoms with Crippen LogP contribution in [0, 0.1) is 5.92 Å². The molecule has 1 aliphatic carbocycles. The number of amides is 1. The van der Waals surface area contributed by atoms with Crippen molar-refractivity contribution in [2.75, 3.05) is 13.6 Å². The number of hydrogen-bond acceptors (Lipinski definition) is 2. The third kappa shape index (κ3) is 3.98. The van der Waals surface area contributed by atoms with E-state index >= 15 is 0 Å². The van der Waals surface area contributed by atoms with E-state index in [0.29, 0.717) is 12.6 Å². The molecule has 1 unspecified atom stereocenters. The van der Waals surface area contributed by atoms with Crippen molar-refractivity contribution in [2.24, 2.45) is 5.92 Å². The molecule has 0 heterocycles. The van der Waals surface area contributed by atoms with Crippen LogP contribution in [0.5, 0.6) is 0 Å². The molecule has 1 rings (SSSR count). The average Bonchev–Trinajstić information content (AvgIpc) is 2.97. The molecule has 1 amide bonds. The van der Waals surface area contributed by atoms with E-state index in [4.69, 9.17) is 0 Å². The first-order valence-corrected chi connectivity index (χ1v) is 6.86. The van der Waals surface area contributed by atoms with Crippen molar-refractivity contribution in [1.82, 2.24) is 9.80 Å². The second-order valence-corrected chi connectivity index (χ2v) is 5.98. The summed E-state index contributed by atoms with van der Waals surface area (Å²) in [6, 6.07) is 1.11. The monoisotopic (exact) mass is 240 g/mol. The predicted molar refractivity (Wildman–Crippen MR) is 71.9 cm³/mol. The van der Waals surface area contributed by atoms with E-state index in [1.54, 1.807) is 0 Å². The number of rotatable bonds is 6. The lowest BCUT2D eigenvalue weighted by Gasteiger charge is -2.33. The highest BCUT2D eigenvalue weighted by atomic mass is 16.2. The summed E-state index contributed by atoms with van der Waals surface area (Å²) in [5, 5.41) is 0. The van der Waals surface area contributed by atoms with Gasteiger partial charge in [-0.05, 0) is 60.4 Å². The first kappa shape index (κ1) is 14.5. The smallest absolute Gasteiger partial charge is 0.237 e. The Bertz CT molecular complexity index is 251. The van der Waals surface area contributed by atoms with Crippen molar-refractivity contribution in [3.8, 4) is 0 Å². The molecule has 0 aliphatic heterocycles. The minimum atomic E-state index is 0.255. The lowest BCUT2D eigenvalue weighted by atomic mass is 10.2. The Hall–Kier alpha value is -0.570. The second kappa shape index (κ2) is 5.85. The largest absolute Gasteiger partial charge is 0.337 e. The maximum atomic E-state index is 12.3. The van der Waals surface area contributed by atoms with Gasteiger partial charge in [-0.3, -0.25) is 9.69 Å². The van der Waals surface area contributed by atoms with Gasteiger partial charge >= 0.3 is 0 Å². The van der Waals surface area contributed by atoms with E-state index in [0.717, 1.165) is 5.92 Å². The lowest BCUT2D eigenvalue weighted by molar-refractivity contribution is -0.136. The van der Waals surface area contributed by atoms with Gasteiger partial charge in [-0.2, -0.15) is 0 Å². The molecule has 17 heavy (non-hydrogen) atoms. The molecule has 0 N–H and O–H groups in total. The van der Waals surface area contributed by atoms with Crippen LogP contribution in [0.1, 0.15) is 47.5 Å². The average molecular weight is 240 g/mol. The molecule has 0 spiro atoms. The number of carbonyl (C=O) groups is 1. The Morgan fingerprint density at radius 2 is 1.59 bits per heavy atom. The minimum Gasteiger partial charge on any atom is -0.337 e. The zero-order valence-corrected chi connectivity index (χ0v) is 12.2. The molecular weight excluding hydrogens is 212 g/mol. The lowest BCUT2D eigenvalue weighted by Crippen LogP contribution is -2.48. The SMILES string of the molecule is CC(C1CC1)N(C)CC(=O)N(C(C)C)C(C)C. The Labute approximate surface area is 106 Å². The highest BCUT2D eigenvalue weighted by Gasteiger charge is 2.32. The van der Waals surface area contributed by atoms with Crippen molar-refractivity contribution in [3.05, 3.63) is 0 Å². The fourth-order valence-electron chi connectivity index (χ4n) is 2.55. The van der Waals surface area contributed by atoms with Crippen LogP contribution in [-0.2, 0) is 4.79 Å². The van der Waals surface area contributed by atoms with Crippen LogP contribution < -0.4 is 0 Å². The summed E-state index contributed by atoms with van der Waals surface area (Å²) in [6.07, 6.45) is 2.66. The molecule has 1 fully saturated rings. The van der Waals surface area contributed by atoms with Gasteiger partial charge in [-0.25, -0.2) is 0 Å². The van der Waals surface area contributed by atoms with E-state index < -0.39 is 0 Å². The van der Waals surface area contributed by atoms with Gasteiger partial charge in [0.2, 0.25) is 5.91 Å². The number of nitrogens with zero attached hydrogens (tertiary/aromatic N) is 2. The van der Waals surface area contributed by atoms with Crippen molar-refractivity contribution < 1.29 is 4.79 Å². The molecule has 0 saturated heterocycles. The molecule has 0 radical (unpaired) electrons. The predicted octanol–water partition coefficient (Wildman–Crippen LogP) is 2.36. The normalized spacial score (nSPS) is 17.9. The van der Waals surface area contributed by atoms with E-state index in [-0.39, 0.29) is 18.0 Å². The van der Waals surface area contributed by atoms with E-state index in [9.17, 15) is 4.79 Å². The van der Waals surface area contributed by atoms with Crippen LogP contribution in [-0.4, -0.2) is 47.4 Å². The van der Waals surface area contributed by atoms with Crippen molar-refractivity contribution in [2.45, 2.75) is 65.6 Å². The summed E-state index contributed by atoms with van der Waals surface area (Å²) in [7, 11) is 2.07. The van der Waals surface area contributed by atoms with Crippen molar-refractivity contribution in [3.63, 3.8) is 0 Å². The zero-order valence-electron chi connectivity index (χ0n) is 12.2. The van der Waals surface area contributed by atoms with Crippen molar-refractivity contribution >= 4 is 5.91 Å². The summed E-state index contributed by atoms with van der Waals surface area (Å²) < 4.78 is 0. The quantitative estimate of drug-likeness (QED) is 0.711. The molecule has 0 aromatic rings. The van der Waals surface area contributed by atoms with Gasteiger partial charge in [-0.1, -0.05) is 0 Å². The first-order valence-electron chi connectivity index (χ1n) is 6.86. The Kier molecular flexibility index (Phi) is 4.99. The number of likely N-dealkylation sites (N-methyl/N-ethyl adjacent to an activating group) is 1. The highest BCUT2D eigenvalue weighted by molar-refractivity contribution is 5.78. The van der Waals surface area contributed by atoms with Gasteiger partial charge in [0.15, 0.2) is 0 Å². The fourth-order valence-corrected chi connectivity index (χ4v) is 2.55. The van der Waals surface area contributed by atoms with Gasteiger partial charge in [0.25, 0.3) is 0 Å². The van der Waals surface area contributed by atoms with E-state index in [1.165, 1.54) is 12.8 Å². The minimum absolute atomic E-state index is 0.255. The van der Waals surface area contributed by atoms with E-state index in [2.05, 4.69) is 46.6 Å². The third-order valence-electron chi connectivity index (χ3n) is 3.78. The summed E-state index contributed by atoms with van der Waals surface area (Å²) in [5.41, 5.74) is 0. The van der Waals surface area contributed by atoms with Crippen LogP contribution in [0.2, 0.25) is 0 Å². The van der Waals surface area contributed by atoms with Crippen LogP contribution in [0.25, 0.3) is 0 Å². The fraction of sp³-hybridized carbons (Fsp3) is 0.929. The molecule has 0 bridgehead atoms. The molecule has 3 nitrogen and oxygen atoms in total. The van der Waals surface area contributed by atoms with Gasteiger partial charge in [0.1, 0.15) is 0 Å². The Balaban J connectivity index is 2.50. The van der Waals surface area contributed by atoms with Crippen LogP contribution in [0.15, 0.2) is 0 Å². The van der Waals surface area contributed by atoms with Crippen molar-refractivity contribution in [1.29, 1.82) is 0 Å². The number of carbonyl (C=O) groups excluding carboxylic acids is 1. The standard InChI is InChI=1S/C14H28N2O/c1-10(2)16(11(3)4)14(17)9-15(6)12(5)13-7-8-13/h10-13H,7-9H2,1-6H3. The van der Waals surface area contributed by atoms with Gasteiger partial charge < -0.3 is 4.90 Å². The molecule has 1 saturated carbocycles. The van der Waals surface area contributed by atoms with E-state index in [1.807, 2.05) is 4.90 Å². The van der Waals surface area contributed by atoms with Gasteiger partial charge in [0.05, 0.1) is 6.54 Å². The molecule has 3 heteroatoms.